The highest BCUT2D eigenvalue weighted by Gasteiger charge is 2.22. The third-order valence-corrected chi connectivity index (χ3v) is 4.89. The fourth-order valence-corrected chi connectivity index (χ4v) is 3.48. The summed E-state index contributed by atoms with van der Waals surface area (Å²) < 4.78 is 1.39. The van der Waals surface area contributed by atoms with Crippen molar-refractivity contribution in [3.63, 3.8) is 0 Å². The number of benzene rings is 1. The van der Waals surface area contributed by atoms with Crippen molar-refractivity contribution in [3.05, 3.63) is 46.0 Å². The Bertz CT molecular complexity index is 1080. The number of fused-ring (bicyclic) bond motifs is 1. The van der Waals surface area contributed by atoms with Crippen molar-refractivity contribution in [3.8, 4) is 28.7 Å². The van der Waals surface area contributed by atoms with E-state index >= 15 is 0 Å². The minimum Gasteiger partial charge on any atom is -0.506 e. The second-order valence-corrected chi connectivity index (χ2v) is 7.09. The molecule has 0 fully saturated rings. The number of anilines is 1. The van der Waals surface area contributed by atoms with Crippen LogP contribution in [-0.2, 0) is 6.42 Å². The van der Waals surface area contributed by atoms with E-state index < -0.39 is 5.69 Å². The maximum Gasteiger partial charge on any atom is 0.348 e. The molecule has 8 nitrogen and oxygen atoms in total. The van der Waals surface area contributed by atoms with Crippen molar-refractivity contribution in [2.45, 2.75) is 26.2 Å². The van der Waals surface area contributed by atoms with Crippen LogP contribution in [0.1, 0.15) is 31.0 Å². The molecule has 1 aliphatic heterocycles. The van der Waals surface area contributed by atoms with Crippen LogP contribution in [0.25, 0.3) is 17.2 Å². The highest BCUT2D eigenvalue weighted by molar-refractivity contribution is 5.65. The standard InChI is InChI=1S/C19H21N5O3/c1-10(2)16-14(25)9-15(26)17(20-16)18-21-22-19(27)24(18)12-4-5-13-11(8-12)6-7-23(13)3/h4-5,8-10,25-26H,6-7H2,1-3H3,(H,22,27). The fraction of sp³-hybridized carbons (Fsp3) is 0.316. The number of hydrogen-bond acceptors (Lipinski definition) is 6. The molecule has 4 rings (SSSR count). The van der Waals surface area contributed by atoms with E-state index in [9.17, 15) is 15.0 Å². The number of nitrogens with one attached hydrogen (secondary N) is 1. The van der Waals surface area contributed by atoms with E-state index in [1.165, 1.54) is 10.6 Å². The van der Waals surface area contributed by atoms with Crippen LogP contribution >= 0.6 is 0 Å². The summed E-state index contributed by atoms with van der Waals surface area (Å²) in [6.45, 7) is 4.71. The lowest BCUT2D eigenvalue weighted by atomic mass is 10.1. The maximum absolute atomic E-state index is 12.5. The zero-order valence-electron chi connectivity index (χ0n) is 15.4. The quantitative estimate of drug-likeness (QED) is 0.655. The topological polar surface area (TPSA) is 107 Å². The first-order valence-electron chi connectivity index (χ1n) is 8.82. The average Bonchev–Trinajstić information content (AvgIpc) is 3.17. The van der Waals surface area contributed by atoms with Gasteiger partial charge in [0.25, 0.3) is 0 Å². The normalized spacial score (nSPS) is 13.4. The molecule has 140 valence electrons. The van der Waals surface area contributed by atoms with Crippen LogP contribution in [-0.4, -0.2) is 43.6 Å². The van der Waals surface area contributed by atoms with Crippen molar-refractivity contribution in [1.82, 2.24) is 19.7 Å². The summed E-state index contributed by atoms with van der Waals surface area (Å²) in [5, 5.41) is 26.9. The molecule has 0 unspecified atom stereocenters. The minimum absolute atomic E-state index is 0.0565. The Morgan fingerprint density at radius 2 is 1.96 bits per heavy atom. The lowest BCUT2D eigenvalue weighted by Gasteiger charge is -2.14. The van der Waals surface area contributed by atoms with E-state index in [1.807, 2.05) is 39.1 Å². The van der Waals surface area contributed by atoms with Crippen LogP contribution in [0.2, 0.25) is 0 Å². The van der Waals surface area contributed by atoms with E-state index in [2.05, 4.69) is 20.1 Å². The predicted molar refractivity (Wildman–Crippen MR) is 102 cm³/mol. The molecule has 0 atom stereocenters. The number of likely N-dealkylation sites (N-methyl/N-ethyl adjacent to an activating group) is 1. The fourth-order valence-electron chi connectivity index (χ4n) is 3.48. The molecule has 0 spiro atoms. The molecule has 0 saturated heterocycles. The Balaban J connectivity index is 1.89. The van der Waals surface area contributed by atoms with Crippen molar-refractivity contribution >= 4 is 5.69 Å². The zero-order valence-corrected chi connectivity index (χ0v) is 15.4. The van der Waals surface area contributed by atoms with Crippen molar-refractivity contribution in [2.24, 2.45) is 0 Å². The highest BCUT2D eigenvalue weighted by atomic mass is 16.3. The third-order valence-electron chi connectivity index (χ3n) is 4.89. The third kappa shape index (κ3) is 2.73. The molecule has 3 heterocycles. The Labute approximate surface area is 155 Å². The van der Waals surface area contributed by atoms with Crippen molar-refractivity contribution < 1.29 is 10.2 Å². The SMILES string of the molecule is CC(C)c1nc(-c2n[nH]c(=O)n2-c2ccc3c(c2)CCN3C)c(O)cc1O. The van der Waals surface area contributed by atoms with Crippen LogP contribution in [0.15, 0.2) is 29.1 Å². The maximum atomic E-state index is 12.5. The van der Waals surface area contributed by atoms with E-state index in [0.29, 0.717) is 11.4 Å². The van der Waals surface area contributed by atoms with Gasteiger partial charge >= 0.3 is 5.69 Å². The van der Waals surface area contributed by atoms with Crippen LogP contribution in [0.4, 0.5) is 5.69 Å². The average molecular weight is 367 g/mol. The molecule has 3 aromatic rings. The number of rotatable bonds is 3. The van der Waals surface area contributed by atoms with E-state index in [4.69, 9.17) is 0 Å². The van der Waals surface area contributed by atoms with Gasteiger partial charge in [0.15, 0.2) is 11.5 Å². The number of nitrogens with zero attached hydrogens (tertiary/aromatic N) is 4. The summed E-state index contributed by atoms with van der Waals surface area (Å²) >= 11 is 0. The molecule has 0 saturated carbocycles. The Morgan fingerprint density at radius 1 is 1.19 bits per heavy atom. The Morgan fingerprint density at radius 3 is 2.70 bits per heavy atom. The summed E-state index contributed by atoms with van der Waals surface area (Å²) in [4.78, 5) is 19.0. The van der Waals surface area contributed by atoms with Gasteiger partial charge in [0.05, 0.1) is 11.4 Å². The van der Waals surface area contributed by atoms with Gasteiger partial charge in [-0.15, -0.1) is 0 Å². The second kappa shape index (κ2) is 6.15. The van der Waals surface area contributed by atoms with E-state index in [1.54, 1.807) is 0 Å². The zero-order chi connectivity index (χ0) is 19.3. The summed E-state index contributed by atoms with van der Waals surface area (Å²) in [5.74, 6) is -0.181. The minimum atomic E-state index is -0.420. The number of pyridine rings is 1. The van der Waals surface area contributed by atoms with Gasteiger partial charge in [-0.1, -0.05) is 13.8 Å². The summed E-state index contributed by atoms with van der Waals surface area (Å²) in [6.07, 6.45) is 0.905. The van der Waals surface area contributed by atoms with E-state index in [-0.39, 0.29) is 28.9 Å². The molecule has 0 bridgehead atoms. The molecule has 3 N–H and O–H groups in total. The Hall–Kier alpha value is -3.29. The molecule has 0 amide bonds. The summed E-state index contributed by atoms with van der Waals surface area (Å²) in [7, 11) is 2.03. The largest absolute Gasteiger partial charge is 0.506 e. The molecule has 27 heavy (non-hydrogen) atoms. The number of aromatic nitrogens is 4. The molecular weight excluding hydrogens is 346 g/mol. The first-order chi connectivity index (χ1) is 12.9. The van der Waals surface area contributed by atoms with Crippen LogP contribution in [0, 0.1) is 0 Å². The smallest absolute Gasteiger partial charge is 0.348 e. The van der Waals surface area contributed by atoms with Gasteiger partial charge in [-0.05, 0) is 36.1 Å². The van der Waals surface area contributed by atoms with Crippen LogP contribution in [0.5, 0.6) is 11.5 Å². The number of H-pyrrole nitrogens is 1. The van der Waals surface area contributed by atoms with E-state index in [0.717, 1.165) is 24.2 Å². The molecule has 1 aromatic carbocycles. The predicted octanol–water partition coefficient (Wildman–Crippen LogP) is 2.15. The van der Waals surface area contributed by atoms with Gasteiger partial charge in [-0.2, -0.15) is 5.10 Å². The van der Waals surface area contributed by atoms with Crippen molar-refractivity contribution in [2.75, 3.05) is 18.5 Å². The number of aromatic amines is 1. The molecule has 2 aromatic heterocycles. The lowest BCUT2D eigenvalue weighted by Crippen LogP contribution is -2.16. The second-order valence-electron chi connectivity index (χ2n) is 7.09. The van der Waals surface area contributed by atoms with Gasteiger partial charge in [0.1, 0.15) is 11.5 Å². The van der Waals surface area contributed by atoms with Crippen LogP contribution < -0.4 is 10.6 Å². The van der Waals surface area contributed by atoms with Gasteiger partial charge < -0.3 is 15.1 Å². The Kier molecular flexibility index (Phi) is 3.91. The number of hydrogen-bond donors (Lipinski definition) is 3. The molecule has 1 aliphatic rings. The summed E-state index contributed by atoms with van der Waals surface area (Å²) in [6, 6.07) is 7.02. The highest BCUT2D eigenvalue weighted by Crippen LogP contribution is 2.35. The number of aromatic hydroxyl groups is 2. The monoisotopic (exact) mass is 367 g/mol. The van der Waals surface area contributed by atoms with Gasteiger partial charge in [0, 0.05) is 25.3 Å². The molecule has 8 heteroatoms. The van der Waals surface area contributed by atoms with Crippen LogP contribution in [0.3, 0.4) is 0 Å². The summed E-state index contributed by atoms with van der Waals surface area (Å²) in [5.41, 5.74) is 3.10. The molecule has 0 aliphatic carbocycles. The lowest BCUT2D eigenvalue weighted by molar-refractivity contribution is 0.438. The first-order valence-corrected chi connectivity index (χ1v) is 8.82. The van der Waals surface area contributed by atoms with Crippen molar-refractivity contribution in [1.29, 1.82) is 0 Å². The van der Waals surface area contributed by atoms with Gasteiger partial charge in [-0.25, -0.2) is 19.4 Å². The molecular formula is C19H21N5O3. The van der Waals surface area contributed by atoms with Gasteiger partial charge in [-0.3, -0.25) is 0 Å². The first kappa shape index (κ1) is 17.1. The molecule has 0 radical (unpaired) electrons. The van der Waals surface area contributed by atoms with Gasteiger partial charge in [0.2, 0.25) is 0 Å².